The molecule has 1 fully saturated rings. The Labute approximate surface area is 138 Å². The maximum Gasteiger partial charge on any atom is 0.303 e. The van der Waals surface area contributed by atoms with Crippen LogP contribution < -0.4 is 5.32 Å². The molecule has 10 heteroatoms. The van der Waals surface area contributed by atoms with Gasteiger partial charge in [0.25, 0.3) is 0 Å². The third kappa shape index (κ3) is 5.78. The number of rotatable bonds is 5. The van der Waals surface area contributed by atoms with E-state index in [1.165, 1.54) is 13.8 Å². The molecule has 1 amide bonds. The van der Waals surface area contributed by atoms with Crippen molar-refractivity contribution < 1.29 is 43.2 Å². The average Bonchev–Trinajstić information content (AvgIpc) is 2.42. The maximum absolute atomic E-state index is 11.4. The predicted octanol–water partition coefficient (Wildman–Crippen LogP) is -1.37. The second-order valence-corrected chi connectivity index (χ2v) is 5.24. The topological polar surface area (TPSA) is 137 Å². The minimum atomic E-state index is -1.56. The summed E-state index contributed by atoms with van der Waals surface area (Å²) in [5.41, 5.74) is 0. The first kappa shape index (κ1) is 19.8. The molecule has 1 heterocycles. The zero-order valence-electron chi connectivity index (χ0n) is 13.8. The molecule has 1 saturated heterocycles. The predicted molar refractivity (Wildman–Crippen MR) is 76.2 cm³/mol. The second kappa shape index (κ2) is 8.60. The first-order valence-corrected chi connectivity index (χ1v) is 7.20. The van der Waals surface area contributed by atoms with E-state index in [0.717, 1.165) is 13.8 Å². The number of aliphatic hydroxyl groups excluding tert-OH is 1. The Morgan fingerprint density at radius 1 is 0.958 bits per heavy atom. The molecule has 0 bridgehead atoms. The van der Waals surface area contributed by atoms with Crippen molar-refractivity contribution in [2.24, 2.45) is 0 Å². The fraction of sp³-hybridized carbons (Fsp3) is 0.714. The molecule has 0 aromatic heterocycles. The lowest BCUT2D eigenvalue weighted by atomic mass is 9.96. The molecule has 5 atom stereocenters. The number of carbonyl (C=O) groups excluding carboxylic acids is 4. The SMILES string of the molecule is CC(=O)NC1C(O)OC(COC(C)=O)[C@@H](OC(C)=O)C1OC(C)=O. The quantitative estimate of drug-likeness (QED) is 0.456. The van der Waals surface area contributed by atoms with Crippen LogP contribution in [0, 0.1) is 0 Å². The largest absolute Gasteiger partial charge is 0.463 e. The van der Waals surface area contributed by atoms with Crippen molar-refractivity contribution in [3.05, 3.63) is 0 Å². The number of hydrogen-bond donors (Lipinski definition) is 2. The fourth-order valence-electron chi connectivity index (χ4n) is 2.31. The standard InChI is InChI=1S/C14H21NO9/c1-6(16)15-11-13(23-9(4)19)12(22-8(3)18)10(24-14(11)20)5-21-7(2)17/h10-14,20H,5H2,1-4H3,(H,15,16)/t10?,11?,12-,13?,14?/m1/s1. The summed E-state index contributed by atoms with van der Waals surface area (Å²) < 4.78 is 20.3. The van der Waals surface area contributed by atoms with Gasteiger partial charge < -0.3 is 29.4 Å². The summed E-state index contributed by atoms with van der Waals surface area (Å²) in [4.78, 5) is 45.0. The highest BCUT2D eigenvalue weighted by Crippen LogP contribution is 2.26. The number of aliphatic hydroxyl groups is 1. The molecule has 136 valence electrons. The monoisotopic (exact) mass is 347 g/mol. The van der Waals surface area contributed by atoms with E-state index >= 15 is 0 Å². The number of hydrogen-bond acceptors (Lipinski definition) is 9. The van der Waals surface area contributed by atoms with Gasteiger partial charge in [0.1, 0.15) is 18.8 Å². The van der Waals surface area contributed by atoms with E-state index in [9.17, 15) is 24.3 Å². The Morgan fingerprint density at radius 3 is 1.96 bits per heavy atom. The Kier molecular flexibility index (Phi) is 7.11. The van der Waals surface area contributed by atoms with Crippen molar-refractivity contribution in [1.82, 2.24) is 5.32 Å². The van der Waals surface area contributed by atoms with Crippen molar-refractivity contribution in [1.29, 1.82) is 0 Å². The summed E-state index contributed by atoms with van der Waals surface area (Å²) in [6.45, 7) is 4.28. The Hall–Kier alpha value is -2.20. The van der Waals surface area contributed by atoms with Gasteiger partial charge in [-0.25, -0.2) is 0 Å². The van der Waals surface area contributed by atoms with Gasteiger partial charge >= 0.3 is 17.9 Å². The Balaban J connectivity index is 3.11. The van der Waals surface area contributed by atoms with Crippen molar-refractivity contribution in [2.75, 3.05) is 6.61 Å². The smallest absolute Gasteiger partial charge is 0.303 e. The van der Waals surface area contributed by atoms with E-state index in [1.54, 1.807) is 0 Å². The van der Waals surface area contributed by atoms with Crippen LogP contribution in [-0.4, -0.2) is 66.2 Å². The lowest BCUT2D eigenvalue weighted by Crippen LogP contribution is -2.66. The zero-order chi connectivity index (χ0) is 18.4. The van der Waals surface area contributed by atoms with Gasteiger partial charge in [-0.1, -0.05) is 0 Å². The van der Waals surface area contributed by atoms with Crippen molar-refractivity contribution in [3.8, 4) is 0 Å². The third-order valence-corrected chi connectivity index (χ3v) is 3.09. The van der Waals surface area contributed by atoms with Gasteiger partial charge in [0.2, 0.25) is 5.91 Å². The van der Waals surface area contributed by atoms with Crippen LogP contribution in [0.25, 0.3) is 0 Å². The molecule has 2 N–H and O–H groups in total. The van der Waals surface area contributed by atoms with Crippen LogP contribution in [0.4, 0.5) is 0 Å². The van der Waals surface area contributed by atoms with Gasteiger partial charge in [-0.2, -0.15) is 0 Å². The number of esters is 3. The lowest BCUT2D eigenvalue weighted by Gasteiger charge is -2.43. The van der Waals surface area contributed by atoms with Gasteiger partial charge in [0.15, 0.2) is 18.5 Å². The first-order chi connectivity index (χ1) is 11.1. The maximum atomic E-state index is 11.4. The molecule has 4 unspecified atom stereocenters. The van der Waals surface area contributed by atoms with Crippen molar-refractivity contribution in [3.63, 3.8) is 0 Å². The van der Waals surface area contributed by atoms with Crippen molar-refractivity contribution in [2.45, 2.75) is 58.3 Å². The summed E-state index contributed by atoms with van der Waals surface area (Å²) in [5, 5.41) is 12.5. The molecule has 1 aliphatic rings. The van der Waals surface area contributed by atoms with Crippen LogP contribution in [-0.2, 0) is 38.1 Å². The Bertz CT molecular complexity index is 506. The minimum Gasteiger partial charge on any atom is -0.463 e. The van der Waals surface area contributed by atoms with Gasteiger partial charge in [-0.3, -0.25) is 19.2 Å². The summed E-state index contributed by atoms with van der Waals surface area (Å²) in [6.07, 6.45) is -5.06. The molecular formula is C14H21NO9. The molecule has 0 aliphatic carbocycles. The molecular weight excluding hydrogens is 326 g/mol. The highest BCUT2D eigenvalue weighted by Gasteiger charge is 2.50. The summed E-state index contributed by atoms with van der Waals surface area (Å²) in [6, 6.07) is -1.16. The average molecular weight is 347 g/mol. The highest BCUT2D eigenvalue weighted by atomic mass is 16.7. The molecule has 1 aliphatic heterocycles. The fourth-order valence-corrected chi connectivity index (χ4v) is 2.31. The first-order valence-electron chi connectivity index (χ1n) is 7.20. The van der Waals surface area contributed by atoms with E-state index < -0.39 is 54.5 Å². The van der Waals surface area contributed by atoms with E-state index in [1.807, 2.05) is 0 Å². The van der Waals surface area contributed by atoms with Crippen LogP contribution in [0.3, 0.4) is 0 Å². The zero-order valence-corrected chi connectivity index (χ0v) is 13.8. The molecule has 10 nitrogen and oxygen atoms in total. The molecule has 0 saturated carbocycles. The molecule has 24 heavy (non-hydrogen) atoms. The second-order valence-electron chi connectivity index (χ2n) is 5.24. The van der Waals surface area contributed by atoms with Gasteiger partial charge in [-0.05, 0) is 0 Å². The van der Waals surface area contributed by atoms with E-state index in [2.05, 4.69) is 5.32 Å². The molecule has 0 radical (unpaired) electrons. The number of amides is 1. The van der Waals surface area contributed by atoms with Crippen LogP contribution in [0.15, 0.2) is 0 Å². The summed E-state index contributed by atoms with van der Waals surface area (Å²) in [5.74, 6) is -2.54. The van der Waals surface area contributed by atoms with Crippen LogP contribution in [0.2, 0.25) is 0 Å². The summed E-state index contributed by atoms with van der Waals surface area (Å²) in [7, 11) is 0. The summed E-state index contributed by atoms with van der Waals surface area (Å²) >= 11 is 0. The van der Waals surface area contributed by atoms with Crippen molar-refractivity contribution >= 4 is 23.8 Å². The normalized spacial score (nSPS) is 29.3. The van der Waals surface area contributed by atoms with E-state index in [4.69, 9.17) is 18.9 Å². The molecule has 1 rings (SSSR count). The van der Waals surface area contributed by atoms with Gasteiger partial charge in [0, 0.05) is 27.7 Å². The van der Waals surface area contributed by atoms with Gasteiger partial charge in [-0.15, -0.1) is 0 Å². The Morgan fingerprint density at radius 2 is 1.50 bits per heavy atom. The van der Waals surface area contributed by atoms with Crippen LogP contribution in [0.5, 0.6) is 0 Å². The molecule has 0 aromatic rings. The number of carbonyl (C=O) groups is 4. The minimum absolute atomic E-state index is 0.338. The molecule has 0 aromatic carbocycles. The van der Waals surface area contributed by atoms with Gasteiger partial charge in [0.05, 0.1) is 0 Å². The van der Waals surface area contributed by atoms with Crippen LogP contribution >= 0.6 is 0 Å². The molecule has 0 spiro atoms. The number of nitrogens with one attached hydrogen (secondary N) is 1. The van der Waals surface area contributed by atoms with E-state index in [-0.39, 0.29) is 6.61 Å². The lowest BCUT2D eigenvalue weighted by molar-refractivity contribution is -0.264. The van der Waals surface area contributed by atoms with E-state index in [0.29, 0.717) is 0 Å². The highest BCUT2D eigenvalue weighted by molar-refractivity contribution is 5.73. The van der Waals surface area contributed by atoms with Crippen LogP contribution in [0.1, 0.15) is 27.7 Å². The number of ether oxygens (including phenoxy) is 4. The third-order valence-electron chi connectivity index (χ3n) is 3.09.